The Hall–Kier alpha value is -2.03. The SMILES string of the molecule is CC(=N\N=C(/[S-])NCC(F)(F)F)/C(=N/N=C(\[S-])NCC(F)(F)F)c1ccccn1.[Cu+2]. The van der Waals surface area contributed by atoms with Gasteiger partial charge in [0.05, 0.1) is 11.4 Å². The summed E-state index contributed by atoms with van der Waals surface area (Å²) in [6.07, 6.45) is -7.58. The van der Waals surface area contributed by atoms with Crippen LogP contribution in [-0.4, -0.2) is 52.2 Å². The number of amidine groups is 2. The van der Waals surface area contributed by atoms with E-state index in [9.17, 15) is 26.3 Å². The fraction of sp³-hybridized carbons (Fsp3) is 0.357. The van der Waals surface area contributed by atoms with Crippen molar-refractivity contribution in [2.45, 2.75) is 19.3 Å². The zero-order valence-corrected chi connectivity index (χ0v) is 17.4. The zero-order valence-electron chi connectivity index (χ0n) is 14.8. The Balaban J connectivity index is 0.00000841. The van der Waals surface area contributed by atoms with E-state index in [1.165, 1.54) is 19.2 Å². The number of aromatic nitrogens is 1. The van der Waals surface area contributed by atoms with Crippen molar-refractivity contribution >= 4 is 47.0 Å². The van der Waals surface area contributed by atoms with Crippen molar-refractivity contribution in [1.29, 1.82) is 0 Å². The van der Waals surface area contributed by atoms with E-state index < -0.39 is 35.8 Å². The first-order valence-corrected chi connectivity index (χ1v) is 8.34. The van der Waals surface area contributed by atoms with E-state index in [0.717, 1.165) is 0 Å². The fourth-order valence-corrected chi connectivity index (χ4v) is 1.72. The van der Waals surface area contributed by atoms with Crippen LogP contribution in [0.1, 0.15) is 12.6 Å². The summed E-state index contributed by atoms with van der Waals surface area (Å²) >= 11 is 9.26. The summed E-state index contributed by atoms with van der Waals surface area (Å²) in [5.41, 5.74) is 0.229. The van der Waals surface area contributed by atoms with Gasteiger partial charge in [-0.2, -0.15) is 41.6 Å². The van der Waals surface area contributed by atoms with Crippen molar-refractivity contribution in [2.75, 3.05) is 13.1 Å². The number of alkyl halides is 6. The maximum absolute atomic E-state index is 12.2. The van der Waals surface area contributed by atoms with Gasteiger partial charge in [0.1, 0.15) is 18.8 Å². The first-order chi connectivity index (χ1) is 13.4. The predicted octanol–water partition coefficient (Wildman–Crippen LogP) is 2.27. The summed E-state index contributed by atoms with van der Waals surface area (Å²) in [6.45, 7) is -1.41. The van der Waals surface area contributed by atoms with Gasteiger partial charge < -0.3 is 35.9 Å². The minimum Gasteiger partial charge on any atom is -0.741 e. The minimum absolute atomic E-state index is 0. The minimum atomic E-state index is -4.50. The average Bonchev–Trinajstić information content (AvgIpc) is 2.63. The van der Waals surface area contributed by atoms with Gasteiger partial charge >= 0.3 is 29.4 Å². The van der Waals surface area contributed by atoms with E-state index in [0.29, 0.717) is 0 Å². The summed E-state index contributed by atoms with van der Waals surface area (Å²) in [5.74, 6) is 0. The fourth-order valence-electron chi connectivity index (χ4n) is 1.50. The van der Waals surface area contributed by atoms with E-state index in [-0.39, 0.29) is 34.2 Å². The van der Waals surface area contributed by atoms with E-state index in [1.807, 2.05) is 10.6 Å². The maximum Gasteiger partial charge on any atom is 2.00 e. The molecule has 0 aliphatic heterocycles. The first kappa shape index (κ1) is 28.0. The molecule has 0 fully saturated rings. The molecule has 0 amide bonds. The van der Waals surface area contributed by atoms with Gasteiger partial charge in [-0.15, -0.1) is 5.10 Å². The molecule has 2 N–H and O–H groups in total. The second-order valence-electron chi connectivity index (χ2n) is 5.10. The number of rotatable bonds is 6. The molecule has 0 aromatic carbocycles. The quantitative estimate of drug-likeness (QED) is 0.150. The average molecular weight is 521 g/mol. The molecule has 1 radical (unpaired) electrons. The van der Waals surface area contributed by atoms with Gasteiger partial charge in [-0.3, -0.25) is 4.98 Å². The Morgan fingerprint density at radius 1 is 0.900 bits per heavy atom. The van der Waals surface area contributed by atoms with Gasteiger partial charge in [0.25, 0.3) is 0 Å². The Bertz CT molecular complexity index is 794. The number of hydrogen-bond donors (Lipinski definition) is 2. The third kappa shape index (κ3) is 12.5. The van der Waals surface area contributed by atoms with Crippen LogP contribution in [0.25, 0.3) is 0 Å². The second kappa shape index (κ2) is 12.6. The van der Waals surface area contributed by atoms with Crippen LogP contribution in [0.5, 0.6) is 0 Å². The van der Waals surface area contributed by atoms with Crippen LogP contribution >= 0.6 is 0 Å². The number of hydrogen-bond acceptors (Lipinski definition) is 7. The van der Waals surface area contributed by atoms with Crippen molar-refractivity contribution < 1.29 is 43.4 Å². The van der Waals surface area contributed by atoms with Gasteiger partial charge in [0, 0.05) is 6.20 Å². The number of nitrogens with zero attached hydrogens (tertiary/aromatic N) is 5. The molecule has 1 aromatic rings. The molecule has 169 valence electrons. The molecular weight excluding hydrogens is 508 g/mol. The molecule has 1 rings (SSSR count). The first-order valence-electron chi connectivity index (χ1n) is 7.52. The van der Waals surface area contributed by atoms with Gasteiger partial charge in [0.15, 0.2) is 0 Å². The van der Waals surface area contributed by atoms with Gasteiger partial charge in [-0.25, -0.2) is 0 Å². The van der Waals surface area contributed by atoms with Crippen molar-refractivity contribution in [2.24, 2.45) is 20.4 Å². The Kier molecular flexibility index (Phi) is 11.8. The Labute approximate surface area is 188 Å². The molecule has 0 aliphatic carbocycles. The molecule has 0 atom stereocenters. The molecule has 0 saturated carbocycles. The smallest absolute Gasteiger partial charge is 0.741 e. The number of pyridine rings is 1. The normalized spacial score (nSPS) is 14.2. The Morgan fingerprint density at radius 3 is 1.83 bits per heavy atom. The number of nitrogens with one attached hydrogen (secondary N) is 2. The summed E-state index contributed by atoms with van der Waals surface area (Å²) in [4.78, 5) is 4.00. The largest absolute Gasteiger partial charge is 2.00 e. The summed E-state index contributed by atoms with van der Waals surface area (Å²) in [5, 5.41) is 16.9. The van der Waals surface area contributed by atoms with Gasteiger partial charge in [-0.1, -0.05) is 6.07 Å². The van der Waals surface area contributed by atoms with Gasteiger partial charge in [0.2, 0.25) is 0 Å². The molecule has 0 spiro atoms. The summed E-state index contributed by atoms with van der Waals surface area (Å²) < 4.78 is 73.0. The summed E-state index contributed by atoms with van der Waals surface area (Å²) in [6, 6.07) is 4.69. The Morgan fingerprint density at radius 2 is 1.40 bits per heavy atom. The monoisotopic (exact) mass is 520 g/mol. The maximum atomic E-state index is 12.2. The van der Waals surface area contributed by atoms with Gasteiger partial charge in [-0.05, 0) is 29.4 Å². The van der Waals surface area contributed by atoms with Crippen LogP contribution < -0.4 is 10.6 Å². The van der Waals surface area contributed by atoms with Crippen LogP contribution in [0.15, 0.2) is 44.8 Å². The van der Waals surface area contributed by atoms with Crippen molar-refractivity contribution in [1.82, 2.24) is 15.6 Å². The van der Waals surface area contributed by atoms with Crippen LogP contribution in [0, 0.1) is 0 Å². The standard InChI is InChI=1S/C14H15F6N7S2.Cu/c1-8(24-26-11(28)22-6-13(15,16)17)10(9-4-2-3-5-21-9)25-27-12(29)23-7-14(18,19)20;/h2-5H,6-7H2,1H3,(H2,22,26,28)(H2,23,27,29);/q;+2/p-2/b24-8+,25-10-;. The molecular formula is C14H13CuF6N7S2. The molecule has 0 unspecified atom stereocenters. The summed E-state index contributed by atoms with van der Waals surface area (Å²) in [7, 11) is 0. The molecule has 1 heterocycles. The molecule has 7 nitrogen and oxygen atoms in total. The molecule has 0 bridgehead atoms. The van der Waals surface area contributed by atoms with Crippen LogP contribution in [0.2, 0.25) is 0 Å². The van der Waals surface area contributed by atoms with E-state index in [2.05, 4.69) is 50.6 Å². The topological polar surface area (TPSA) is 86.4 Å². The predicted molar refractivity (Wildman–Crippen MR) is 102 cm³/mol. The van der Waals surface area contributed by atoms with Crippen molar-refractivity contribution in [3.05, 3.63) is 30.1 Å². The van der Waals surface area contributed by atoms with E-state index >= 15 is 0 Å². The van der Waals surface area contributed by atoms with Crippen LogP contribution in [-0.2, 0) is 42.3 Å². The molecule has 1 aromatic heterocycles. The second-order valence-corrected chi connectivity index (χ2v) is 5.87. The molecule has 30 heavy (non-hydrogen) atoms. The third-order valence-electron chi connectivity index (χ3n) is 2.66. The van der Waals surface area contributed by atoms with E-state index in [4.69, 9.17) is 0 Å². The van der Waals surface area contributed by atoms with Crippen molar-refractivity contribution in [3.8, 4) is 0 Å². The van der Waals surface area contributed by atoms with Crippen molar-refractivity contribution in [3.63, 3.8) is 0 Å². The molecule has 0 aliphatic rings. The molecule has 16 heteroatoms. The zero-order chi connectivity index (χ0) is 22.1. The van der Waals surface area contributed by atoms with Crippen LogP contribution in [0.3, 0.4) is 0 Å². The third-order valence-corrected chi connectivity index (χ3v) is 3.11. The van der Waals surface area contributed by atoms with E-state index in [1.54, 1.807) is 12.1 Å². The molecule has 0 saturated heterocycles. The van der Waals surface area contributed by atoms with Crippen LogP contribution in [0.4, 0.5) is 26.3 Å². The number of halogens is 6.